The van der Waals surface area contributed by atoms with E-state index in [0.717, 1.165) is 21.7 Å². The summed E-state index contributed by atoms with van der Waals surface area (Å²) in [6.07, 6.45) is 4.29. The van der Waals surface area contributed by atoms with Gasteiger partial charge in [-0.3, -0.25) is 4.98 Å². The Morgan fingerprint density at radius 3 is 2.95 bits per heavy atom. The molecule has 0 aliphatic carbocycles. The quantitative estimate of drug-likeness (QED) is 0.795. The molecule has 0 amide bonds. The smallest absolute Gasteiger partial charge is 0.123 e. The molecule has 0 spiro atoms. The van der Waals surface area contributed by atoms with Gasteiger partial charge in [-0.1, -0.05) is 12.1 Å². The van der Waals surface area contributed by atoms with Crippen LogP contribution in [0.15, 0.2) is 36.7 Å². The lowest BCUT2D eigenvalue weighted by Gasteiger charge is -2.00. The molecule has 1 aromatic carbocycles. The molecule has 2 aromatic heterocycles. The second-order valence-corrected chi connectivity index (χ2v) is 5.64. The number of hydrogen-bond acceptors (Lipinski definition) is 4. The molecule has 96 valence electrons. The number of thiazole rings is 1. The number of fused-ring (bicyclic) bond motifs is 1. The Morgan fingerprint density at radius 1 is 1.21 bits per heavy atom. The summed E-state index contributed by atoms with van der Waals surface area (Å²) >= 11 is 1.68. The highest BCUT2D eigenvalue weighted by Crippen LogP contribution is 2.29. The minimum Gasteiger partial charge on any atom is -0.396 e. The van der Waals surface area contributed by atoms with E-state index in [1.165, 1.54) is 10.3 Å². The average Bonchev–Trinajstić information content (AvgIpc) is 2.80. The van der Waals surface area contributed by atoms with Gasteiger partial charge in [-0.2, -0.15) is 0 Å². The molecule has 2 heterocycles. The van der Waals surface area contributed by atoms with Gasteiger partial charge in [0.05, 0.1) is 5.69 Å². The van der Waals surface area contributed by atoms with Gasteiger partial charge < -0.3 is 5.11 Å². The van der Waals surface area contributed by atoms with Crippen molar-refractivity contribution >= 4 is 22.1 Å². The molecular formula is C15H14N2OS. The normalized spacial score (nSPS) is 11.1. The van der Waals surface area contributed by atoms with Gasteiger partial charge in [-0.15, -0.1) is 11.3 Å². The SMILES string of the molecule is Cc1sc(-c2ccc3cnccc3c2)nc1CCO. The second-order valence-electron chi connectivity index (χ2n) is 4.43. The predicted molar refractivity (Wildman–Crippen MR) is 78.4 cm³/mol. The highest BCUT2D eigenvalue weighted by atomic mass is 32.1. The molecule has 0 aliphatic rings. The van der Waals surface area contributed by atoms with Crippen LogP contribution in [0.3, 0.4) is 0 Å². The number of benzene rings is 1. The van der Waals surface area contributed by atoms with Crippen LogP contribution in [0.1, 0.15) is 10.6 Å². The van der Waals surface area contributed by atoms with Gasteiger partial charge in [0, 0.05) is 41.2 Å². The summed E-state index contributed by atoms with van der Waals surface area (Å²) in [4.78, 5) is 9.92. The number of aliphatic hydroxyl groups is 1. The van der Waals surface area contributed by atoms with E-state index >= 15 is 0 Å². The number of aliphatic hydroxyl groups excluding tert-OH is 1. The van der Waals surface area contributed by atoms with Crippen LogP contribution in [0.5, 0.6) is 0 Å². The minimum atomic E-state index is 0.146. The number of aryl methyl sites for hydroxylation is 1. The van der Waals surface area contributed by atoms with E-state index in [1.807, 2.05) is 12.3 Å². The van der Waals surface area contributed by atoms with E-state index in [9.17, 15) is 0 Å². The zero-order valence-electron chi connectivity index (χ0n) is 10.6. The van der Waals surface area contributed by atoms with E-state index in [1.54, 1.807) is 17.5 Å². The summed E-state index contributed by atoms with van der Waals surface area (Å²) in [5.74, 6) is 0. The lowest BCUT2D eigenvalue weighted by atomic mass is 10.1. The van der Waals surface area contributed by atoms with Crippen molar-refractivity contribution in [3.8, 4) is 10.6 Å². The second kappa shape index (κ2) is 5.07. The first kappa shape index (κ1) is 12.3. The molecule has 0 bridgehead atoms. The zero-order chi connectivity index (χ0) is 13.2. The third kappa shape index (κ3) is 2.37. The molecule has 0 saturated heterocycles. The Balaban J connectivity index is 2.06. The number of nitrogens with zero attached hydrogens (tertiary/aromatic N) is 2. The van der Waals surface area contributed by atoms with Crippen LogP contribution in [0.2, 0.25) is 0 Å². The maximum Gasteiger partial charge on any atom is 0.123 e. The average molecular weight is 270 g/mol. The first-order valence-corrected chi connectivity index (χ1v) is 7.01. The lowest BCUT2D eigenvalue weighted by Crippen LogP contribution is -1.92. The molecule has 3 aromatic rings. The fraction of sp³-hybridized carbons (Fsp3) is 0.200. The summed E-state index contributed by atoms with van der Waals surface area (Å²) in [5.41, 5.74) is 2.12. The van der Waals surface area contributed by atoms with Gasteiger partial charge in [0.1, 0.15) is 5.01 Å². The molecule has 0 fully saturated rings. The van der Waals surface area contributed by atoms with Gasteiger partial charge in [-0.25, -0.2) is 4.98 Å². The van der Waals surface area contributed by atoms with Gasteiger partial charge in [0.2, 0.25) is 0 Å². The predicted octanol–water partition coefficient (Wildman–Crippen LogP) is 3.20. The first-order valence-electron chi connectivity index (χ1n) is 6.19. The van der Waals surface area contributed by atoms with Crippen molar-refractivity contribution in [1.82, 2.24) is 9.97 Å². The fourth-order valence-corrected chi connectivity index (χ4v) is 3.06. The van der Waals surface area contributed by atoms with E-state index in [2.05, 4.69) is 35.1 Å². The Morgan fingerprint density at radius 2 is 2.11 bits per heavy atom. The molecule has 3 nitrogen and oxygen atoms in total. The molecule has 1 N–H and O–H groups in total. The number of pyridine rings is 1. The van der Waals surface area contributed by atoms with Crippen LogP contribution in [0.25, 0.3) is 21.3 Å². The van der Waals surface area contributed by atoms with E-state index < -0.39 is 0 Å². The van der Waals surface area contributed by atoms with Crippen molar-refractivity contribution < 1.29 is 5.11 Å². The number of aromatic nitrogens is 2. The van der Waals surface area contributed by atoms with Gasteiger partial charge in [0.15, 0.2) is 0 Å². The van der Waals surface area contributed by atoms with Crippen LogP contribution in [-0.2, 0) is 6.42 Å². The van der Waals surface area contributed by atoms with E-state index in [4.69, 9.17) is 5.11 Å². The van der Waals surface area contributed by atoms with Gasteiger partial charge in [0.25, 0.3) is 0 Å². The van der Waals surface area contributed by atoms with Crippen molar-refractivity contribution in [2.24, 2.45) is 0 Å². The minimum absolute atomic E-state index is 0.146. The van der Waals surface area contributed by atoms with Crippen molar-refractivity contribution in [2.45, 2.75) is 13.3 Å². The summed E-state index contributed by atoms with van der Waals surface area (Å²) in [6, 6.07) is 8.29. The standard InChI is InChI=1S/C15H14N2OS/c1-10-14(5-7-18)17-15(19-10)12-2-3-13-9-16-6-4-11(13)8-12/h2-4,6,8-9,18H,5,7H2,1H3. The molecular weight excluding hydrogens is 256 g/mol. The fourth-order valence-electron chi connectivity index (χ4n) is 2.11. The number of rotatable bonds is 3. The molecule has 0 aliphatic heterocycles. The maximum atomic E-state index is 9.02. The lowest BCUT2D eigenvalue weighted by molar-refractivity contribution is 0.298. The summed E-state index contributed by atoms with van der Waals surface area (Å²) < 4.78 is 0. The highest BCUT2D eigenvalue weighted by Gasteiger charge is 2.09. The number of hydrogen-bond donors (Lipinski definition) is 1. The Hall–Kier alpha value is -1.78. The van der Waals surface area contributed by atoms with E-state index in [-0.39, 0.29) is 6.61 Å². The van der Waals surface area contributed by atoms with Crippen LogP contribution < -0.4 is 0 Å². The van der Waals surface area contributed by atoms with Crippen molar-refractivity contribution in [3.63, 3.8) is 0 Å². The van der Waals surface area contributed by atoms with Crippen LogP contribution >= 0.6 is 11.3 Å². The monoisotopic (exact) mass is 270 g/mol. The molecule has 4 heteroatoms. The summed E-state index contributed by atoms with van der Waals surface area (Å²) in [5, 5.41) is 12.3. The Kier molecular flexibility index (Phi) is 3.27. The van der Waals surface area contributed by atoms with Crippen molar-refractivity contribution in [1.29, 1.82) is 0 Å². The van der Waals surface area contributed by atoms with Crippen LogP contribution in [0.4, 0.5) is 0 Å². The van der Waals surface area contributed by atoms with Gasteiger partial charge >= 0.3 is 0 Å². The topological polar surface area (TPSA) is 46.0 Å². The van der Waals surface area contributed by atoms with Crippen LogP contribution in [-0.4, -0.2) is 21.7 Å². The first-order chi connectivity index (χ1) is 9.28. The largest absolute Gasteiger partial charge is 0.396 e. The summed E-state index contributed by atoms with van der Waals surface area (Å²) in [6.45, 7) is 2.20. The Bertz CT molecular complexity index is 721. The van der Waals surface area contributed by atoms with Crippen LogP contribution in [0, 0.1) is 6.92 Å². The molecule has 0 unspecified atom stereocenters. The molecule has 0 atom stereocenters. The maximum absolute atomic E-state index is 9.02. The molecule has 19 heavy (non-hydrogen) atoms. The van der Waals surface area contributed by atoms with Gasteiger partial charge in [-0.05, 0) is 24.4 Å². The summed E-state index contributed by atoms with van der Waals surface area (Å²) in [7, 11) is 0. The third-order valence-electron chi connectivity index (χ3n) is 3.13. The third-order valence-corrected chi connectivity index (χ3v) is 4.19. The van der Waals surface area contributed by atoms with E-state index in [0.29, 0.717) is 6.42 Å². The molecule has 3 rings (SSSR count). The molecule has 0 saturated carbocycles. The Labute approximate surface area is 115 Å². The van der Waals surface area contributed by atoms with Crippen molar-refractivity contribution in [3.05, 3.63) is 47.2 Å². The van der Waals surface area contributed by atoms with Crippen molar-refractivity contribution in [2.75, 3.05) is 6.61 Å². The zero-order valence-corrected chi connectivity index (χ0v) is 11.4. The highest BCUT2D eigenvalue weighted by molar-refractivity contribution is 7.15. The molecule has 0 radical (unpaired) electrons.